The van der Waals surface area contributed by atoms with Crippen molar-refractivity contribution in [2.45, 2.75) is 32.5 Å². The van der Waals surface area contributed by atoms with Gasteiger partial charge in [0.1, 0.15) is 0 Å². The third-order valence-corrected chi connectivity index (χ3v) is 3.58. The van der Waals surface area contributed by atoms with E-state index in [0.717, 1.165) is 11.3 Å². The standard InChI is InChI=1S/C11H18N6O2S/c1-7(2)5-17-10(9-6-16(4)15-8(9)3)13-14-11(17)20(12,18)19/h6-7H,5H2,1-4H3,(H2,12,18,19). The van der Waals surface area contributed by atoms with E-state index in [0.29, 0.717) is 12.4 Å². The van der Waals surface area contributed by atoms with E-state index in [1.165, 1.54) is 4.57 Å². The number of sulfonamides is 1. The monoisotopic (exact) mass is 298 g/mol. The Balaban J connectivity index is 2.65. The Hall–Kier alpha value is -1.74. The first kappa shape index (κ1) is 14.7. The van der Waals surface area contributed by atoms with Crippen molar-refractivity contribution >= 4 is 10.0 Å². The van der Waals surface area contributed by atoms with Gasteiger partial charge in [0, 0.05) is 19.8 Å². The van der Waals surface area contributed by atoms with Gasteiger partial charge in [0.15, 0.2) is 5.82 Å². The molecule has 9 heteroatoms. The largest absolute Gasteiger partial charge is 0.296 e. The lowest BCUT2D eigenvalue weighted by atomic mass is 10.2. The van der Waals surface area contributed by atoms with Gasteiger partial charge in [-0.15, -0.1) is 10.2 Å². The lowest BCUT2D eigenvalue weighted by Gasteiger charge is -2.11. The number of hydrogen-bond acceptors (Lipinski definition) is 5. The second-order valence-electron chi connectivity index (χ2n) is 5.16. The van der Waals surface area contributed by atoms with Gasteiger partial charge in [0.05, 0.1) is 11.3 Å². The summed E-state index contributed by atoms with van der Waals surface area (Å²) in [5, 5.41) is 16.9. The fourth-order valence-electron chi connectivity index (χ4n) is 2.05. The SMILES string of the molecule is Cc1nn(C)cc1-c1nnc(S(N)(=O)=O)n1CC(C)C. The molecule has 0 atom stereocenters. The predicted molar refractivity (Wildman–Crippen MR) is 73.2 cm³/mol. The van der Waals surface area contributed by atoms with Gasteiger partial charge in [0.2, 0.25) is 0 Å². The van der Waals surface area contributed by atoms with Crippen molar-refractivity contribution in [3.05, 3.63) is 11.9 Å². The second-order valence-corrected chi connectivity index (χ2v) is 6.61. The topological polar surface area (TPSA) is 109 Å². The van der Waals surface area contributed by atoms with Crippen LogP contribution in [0.25, 0.3) is 11.4 Å². The first-order chi connectivity index (χ1) is 9.20. The van der Waals surface area contributed by atoms with Crippen LogP contribution in [0.5, 0.6) is 0 Å². The molecule has 0 saturated carbocycles. The molecule has 20 heavy (non-hydrogen) atoms. The van der Waals surface area contributed by atoms with Crippen LogP contribution in [0, 0.1) is 12.8 Å². The zero-order valence-electron chi connectivity index (χ0n) is 11.9. The molecule has 0 aliphatic carbocycles. The molecule has 2 heterocycles. The zero-order valence-corrected chi connectivity index (χ0v) is 12.7. The van der Waals surface area contributed by atoms with Crippen LogP contribution >= 0.6 is 0 Å². The number of nitrogens with zero attached hydrogens (tertiary/aromatic N) is 5. The van der Waals surface area contributed by atoms with Crippen LogP contribution < -0.4 is 5.14 Å². The molecule has 0 bridgehead atoms. The van der Waals surface area contributed by atoms with E-state index in [-0.39, 0.29) is 11.1 Å². The van der Waals surface area contributed by atoms with E-state index in [1.54, 1.807) is 17.9 Å². The lowest BCUT2D eigenvalue weighted by Crippen LogP contribution is -2.20. The highest BCUT2D eigenvalue weighted by Gasteiger charge is 2.24. The maximum Gasteiger partial charge on any atom is 0.273 e. The van der Waals surface area contributed by atoms with Crippen LogP contribution in [-0.4, -0.2) is 33.0 Å². The number of aromatic nitrogens is 5. The highest BCUT2D eigenvalue weighted by Crippen LogP contribution is 2.23. The Kier molecular flexibility index (Phi) is 3.65. The summed E-state index contributed by atoms with van der Waals surface area (Å²) in [6, 6.07) is 0. The summed E-state index contributed by atoms with van der Waals surface area (Å²) in [5.74, 6) is 0.690. The predicted octanol–water partition coefficient (Wildman–Crippen LogP) is 0.290. The smallest absolute Gasteiger partial charge is 0.273 e. The molecule has 0 fully saturated rings. The Bertz CT molecular complexity index is 728. The van der Waals surface area contributed by atoms with Gasteiger partial charge in [-0.2, -0.15) is 5.10 Å². The van der Waals surface area contributed by atoms with Gasteiger partial charge in [-0.1, -0.05) is 13.8 Å². The van der Waals surface area contributed by atoms with E-state index in [9.17, 15) is 8.42 Å². The maximum absolute atomic E-state index is 11.6. The van der Waals surface area contributed by atoms with Crippen molar-refractivity contribution in [1.29, 1.82) is 0 Å². The summed E-state index contributed by atoms with van der Waals surface area (Å²) in [4.78, 5) is 0. The second kappa shape index (κ2) is 4.98. The van der Waals surface area contributed by atoms with Crippen LogP contribution in [0.4, 0.5) is 0 Å². The first-order valence-corrected chi connectivity index (χ1v) is 7.71. The number of hydrogen-bond donors (Lipinski definition) is 1. The molecule has 0 aliphatic rings. The Morgan fingerprint density at radius 1 is 1.35 bits per heavy atom. The highest BCUT2D eigenvalue weighted by atomic mass is 32.2. The molecular weight excluding hydrogens is 280 g/mol. The van der Waals surface area contributed by atoms with Crippen molar-refractivity contribution in [1.82, 2.24) is 24.5 Å². The quantitative estimate of drug-likeness (QED) is 0.872. The number of rotatable bonds is 4. The number of nitrogens with two attached hydrogens (primary N) is 1. The van der Waals surface area contributed by atoms with Crippen molar-refractivity contribution in [3.8, 4) is 11.4 Å². The highest BCUT2D eigenvalue weighted by molar-refractivity contribution is 7.89. The summed E-state index contributed by atoms with van der Waals surface area (Å²) in [6.45, 7) is 6.25. The molecule has 0 spiro atoms. The average Bonchev–Trinajstić information content (AvgIpc) is 2.80. The zero-order chi connectivity index (χ0) is 15.1. The summed E-state index contributed by atoms with van der Waals surface area (Å²) in [5.41, 5.74) is 1.50. The Morgan fingerprint density at radius 3 is 2.45 bits per heavy atom. The molecule has 0 aliphatic heterocycles. The van der Waals surface area contributed by atoms with Crippen molar-refractivity contribution in [2.24, 2.45) is 18.1 Å². The van der Waals surface area contributed by atoms with Crippen LogP contribution in [0.1, 0.15) is 19.5 Å². The van der Waals surface area contributed by atoms with Crippen LogP contribution in [0.3, 0.4) is 0 Å². The minimum atomic E-state index is -3.91. The molecule has 0 aromatic carbocycles. The molecule has 0 unspecified atom stereocenters. The van der Waals surface area contributed by atoms with E-state index < -0.39 is 10.0 Å². The van der Waals surface area contributed by atoms with Crippen LogP contribution in [0.2, 0.25) is 0 Å². The Morgan fingerprint density at radius 2 is 2.00 bits per heavy atom. The first-order valence-electron chi connectivity index (χ1n) is 6.16. The molecule has 2 N–H and O–H groups in total. The fourth-order valence-corrected chi connectivity index (χ4v) is 2.67. The lowest BCUT2D eigenvalue weighted by molar-refractivity contribution is 0.486. The molecule has 110 valence electrons. The maximum atomic E-state index is 11.6. The van der Waals surface area contributed by atoms with Crippen molar-refractivity contribution in [3.63, 3.8) is 0 Å². The van der Waals surface area contributed by atoms with Crippen molar-refractivity contribution < 1.29 is 8.42 Å². The van der Waals surface area contributed by atoms with Gasteiger partial charge >= 0.3 is 0 Å². The molecule has 2 aromatic heterocycles. The fraction of sp³-hybridized carbons (Fsp3) is 0.545. The summed E-state index contributed by atoms with van der Waals surface area (Å²) in [6.07, 6.45) is 1.78. The minimum absolute atomic E-state index is 0.218. The van der Waals surface area contributed by atoms with Gasteiger partial charge < -0.3 is 0 Å². The summed E-state index contributed by atoms with van der Waals surface area (Å²) < 4.78 is 26.4. The van der Waals surface area contributed by atoms with E-state index in [1.807, 2.05) is 20.8 Å². The molecule has 8 nitrogen and oxygen atoms in total. The van der Waals surface area contributed by atoms with Crippen molar-refractivity contribution in [2.75, 3.05) is 0 Å². The summed E-state index contributed by atoms with van der Waals surface area (Å²) >= 11 is 0. The number of aryl methyl sites for hydroxylation is 2. The Labute approximate surface area is 117 Å². The van der Waals surface area contributed by atoms with E-state index in [2.05, 4.69) is 15.3 Å². The number of primary sulfonamides is 1. The third-order valence-electron chi connectivity index (χ3n) is 2.77. The van der Waals surface area contributed by atoms with E-state index >= 15 is 0 Å². The molecule has 0 saturated heterocycles. The molecule has 0 radical (unpaired) electrons. The molecule has 0 amide bonds. The van der Waals surface area contributed by atoms with Gasteiger partial charge in [-0.25, -0.2) is 13.6 Å². The summed E-state index contributed by atoms with van der Waals surface area (Å²) in [7, 11) is -2.12. The van der Waals surface area contributed by atoms with Crippen LogP contribution in [-0.2, 0) is 23.6 Å². The molecule has 2 aromatic rings. The minimum Gasteiger partial charge on any atom is -0.296 e. The molecule has 2 rings (SSSR count). The van der Waals surface area contributed by atoms with E-state index in [4.69, 9.17) is 5.14 Å². The van der Waals surface area contributed by atoms with Gasteiger partial charge in [-0.3, -0.25) is 9.25 Å². The van der Waals surface area contributed by atoms with Crippen LogP contribution in [0.15, 0.2) is 11.4 Å². The molecular formula is C11H18N6O2S. The average molecular weight is 298 g/mol. The normalized spacial score (nSPS) is 12.3. The third kappa shape index (κ3) is 2.73. The van der Waals surface area contributed by atoms with Gasteiger partial charge in [0.25, 0.3) is 15.2 Å². The van der Waals surface area contributed by atoms with Gasteiger partial charge in [-0.05, 0) is 12.8 Å².